The number of nitrogens with zero attached hydrogens (tertiary/aromatic N) is 4. The predicted molar refractivity (Wildman–Crippen MR) is 460 cm³/mol. The number of allylic oxidation sites excluding steroid dienone is 3. The van der Waals surface area contributed by atoms with E-state index < -0.39 is 0 Å². The van der Waals surface area contributed by atoms with Crippen molar-refractivity contribution in [3.05, 3.63) is 157 Å². The second-order valence-electron chi connectivity index (χ2n) is 30.3. The normalized spacial score (nSPS) is 9.87. The van der Waals surface area contributed by atoms with Gasteiger partial charge in [-0.05, 0) is 149 Å². The van der Waals surface area contributed by atoms with Crippen LogP contribution in [-0.4, -0.2) is 19.9 Å². The number of oxazole rings is 2. The summed E-state index contributed by atoms with van der Waals surface area (Å²) in [7, 11) is 0. The Labute approximate surface area is 641 Å². The Bertz CT molecular complexity index is 2590. The summed E-state index contributed by atoms with van der Waals surface area (Å²) in [6.45, 7) is 75.2. The largest absolute Gasteiger partial charge is 0.456 e. The summed E-state index contributed by atoms with van der Waals surface area (Å²) in [5, 5.41) is 10.1. The average molecular weight is 1460 g/mol. The minimum absolute atomic E-state index is 0.367. The lowest BCUT2D eigenvalue weighted by atomic mass is 10.1. The zero-order chi connectivity index (χ0) is 78.9. The third-order valence-electron chi connectivity index (χ3n) is 7.88. The van der Waals surface area contributed by atoms with Gasteiger partial charge in [-0.25, -0.2) is 19.9 Å². The van der Waals surface area contributed by atoms with Gasteiger partial charge in [0.2, 0.25) is 5.89 Å². The van der Waals surface area contributed by atoms with Gasteiger partial charge in [0.25, 0.3) is 5.89 Å². The van der Waals surface area contributed by atoms with Crippen molar-refractivity contribution in [2.75, 3.05) is 0 Å². The van der Waals surface area contributed by atoms with Crippen molar-refractivity contribution in [2.24, 2.45) is 82.9 Å². The summed E-state index contributed by atoms with van der Waals surface area (Å²) in [5.41, 5.74) is 0. The first-order valence-corrected chi connectivity index (χ1v) is 40.4. The van der Waals surface area contributed by atoms with Crippen LogP contribution in [0.1, 0.15) is 299 Å². The lowest BCUT2D eigenvalue weighted by molar-refractivity contribution is 0.543. The second-order valence-corrected chi connectivity index (χ2v) is 34.0. The molecular weight excluding hydrogens is 1310 g/mol. The summed E-state index contributed by atoms with van der Waals surface area (Å²) >= 11 is 6.74. The van der Waals surface area contributed by atoms with Crippen molar-refractivity contribution in [1.29, 1.82) is 0 Å². The molecule has 0 saturated carbocycles. The molecule has 0 spiro atoms. The number of thiazole rings is 2. The molecule has 7 heterocycles. The monoisotopic (exact) mass is 1460 g/mol. The van der Waals surface area contributed by atoms with E-state index in [1.807, 2.05) is 66.5 Å². The summed E-state index contributed by atoms with van der Waals surface area (Å²) in [5.74, 6) is 35.5. The zero-order valence-corrected chi connectivity index (χ0v) is 73.9. The lowest BCUT2D eigenvalue weighted by Crippen LogP contribution is -1.80. The zero-order valence-electron chi connectivity index (χ0n) is 70.6. The molecule has 0 atom stereocenters. The van der Waals surface area contributed by atoms with E-state index >= 15 is 0 Å². The molecule has 0 aliphatic carbocycles. The van der Waals surface area contributed by atoms with Crippen LogP contribution in [0.2, 0.25) is 0 Å². The molecule has 0 radical (unpaired) electrons. The molecule has 0 saturated heterocycles. The Morgan fingerprint density at radius 1 is 0.337 bits per heavy atom. The molecule has 0 amide bonds. The molecule has 0 aromatic carbocycles. The third kappa shape index (κ3) is 121. The van der Waals surface area contributed by atoms with Gasteiger partial charge in [0, 0.05) is 51.7 Å². The lowest BCUT2D eigenvalue weighted by Gasteiger charge is -1.95. The van der Waals surface area contributed by atoms with Gasteiger partial charge in [-0.15, -0.1) is 45.3 Å². The maximum atomic E-state index is 5.02. The third-order valence-corrected chi connectivity index (χ3v) is 10.9. The minimum atomic E-state index is 0.367. The Hall–Kier alpha value is -6.18. The molecule has 0 aliphatic heterocycles. The van der Waals surface area contributed by atoms with Crippen LogP contribution in [0.3, 0.4) is 0 Å². The SMILES string of the molecule is CC(C)C.CC(C)C.CC(C)C.CC(C)C.CC(C)C.CC(C)C.CC(C)C.CC(C)C#Cc1ccco1.CC(C)C#Cc1cccs1.CC(C)C#Cc1ncco1.CC(C)C#Cc1nccs1.CC(C)C/C=C/c1cccs1.CC(C)C/C=C/c1ncco1.CC(C)C/C=C/c1nccs1. The van der Waals surface area contributed by atoms with Gasteiger partial charge in [-0.2, -0.15) is 0 Å². The minimum Gasteiger partial charge on any atom is -0.456 e. The average Bonchev–Trinajstić information content (AvgIpc) is 2.73. The van der Waals surface area contributed by atoms with E-state index in [0.29, 0.717) is 41.4 Å². The smallest absolute Gasteiger partial charge is 0.273 e. The summed E-state index contributed by atoms with van der Waals surface area (Å²) < 4.78 is 14.9. The number of hydrogen-bond donors (Lipinski definition) is 0. The van der Waals surface area contributed by atoms with Crippen molar-refractivity contribution in [2.45, 2.75) is 262 Å². The first kappa shape index (κ1) is 108. The molecule has 11 heteroatoms. The van der Waals surface area contributed by atoms with Crippen molar-refractivity contribution < 1.29 is 13.3 Å². The van der Waals surface area contributed by atoms with Crippen molar-refractivity contribution in [3.8, 4) is 47.4 Å². The first-order chi connectivity index (χ1) is 47.1. The van der Waals surface area contributed by atoms with Gasteiger partial charge in [0.05, 0.1) is 23.5 Å². The molecule has 7 nitrogen and oxygen atoms in total. The second kappa shape index (κ2) is 78.0. The standard InChI is InChI=1S/C10H14S.C9H13NO.C9H13NS.C9H10O.C9H10S.C8H9NO.C8H9NS.7C4H10/c1-9(2)5-3-6-10-7-4-8-11-10;2*1-8(2)4-3-5-9-10-6-7-11-9;2*1-8(2)5-6-9-4-3-7-10-9;2*1-7(2)3-4-8-9-5-6-10-8;7*1-4(2)3/h3-4,6-9H,5H2,1-2H3;2*3,5-8H,4H2,1-2H3;2*3-4,7-8H,1-2H3;2*5-7H,1-2H3;7*4H,1-3H3/b6-3+;2*5-3+;;;;;;;;;;;. The van der Waals surface area contributed by atoms with Crippen LogP contribution in [0, 0.1) is 130 Å². The maximum absolute atomic E-state index is 5.02. The quantitative estimate of drug-likeness (QED) is 0.133. The highest BCUT2D eigenvalue weighted by Crippen LogP contribution is 2.13. The molecule has 0 unspecified atom stereocenters. The van der Waals surface area contributed by atoms with Crippen LogP contribution in [0.25, 0.3) is 18.2 Å². The van der Waals surface area contributed by atoms with Crippen LogP contribution in [-0.2, 0) is 0 Å². The summed E-state index contributed by atoms with van der Waals surface area (Å²) in [6, 6.07) is 12.0. The van der Waals surface area contributed by atoms with Gasteiger partial charge in [0.1, 0.15) is 17.5 Å². The van der Waals surface area contributed by atoms with Gasteiger partial charge < -0.3 is 13.3 Å². The Morgan fingerprint density at radius 3 is 1.10 bits per heavy atom. The van der Waals surface area contributed by atoms with Gasteiger partial charge >= 0.3 is 0 Å². The fourth-order valence-corrected chi connectivity index (χ4v) is 6.74. The van der Waals surface area contributed by atoms with E-state index in [2.05, 4.69) is 344 Å². The molecule has 0 bridgehead atoms. The topological polar surface area (TPSA) is 91.0 Å². The molecule has 101 heavy (non-hydrogen) atoms. The number of aromatic nitrogens is 4. The fraction of sp³-hybridized carbons (Fsp3) is 0.578. The number of thiophene rings is 2. The molecule has 0 N–H and O–H groups in total. The highest BCUT2D eigenvalue weighted by Gasteiger charge is 1.94. The highest BCUT2D eigenvalue weighted by molar-refractivity contribution is 7.11. The Morgan fingerprint density at radius 2 is 0.743 bits per heavy atom. The van der Waals surface area contributed by atoms with Crippen LogP contribution in [0.5, 0.6) is 0 Å². The molecule has 7 aromatic heterocycles. The van der Waals surface area contributed by atoms with E-state index in [1.54, 1.807) is 76.5 Å². The maximum Gasteiger partial charge on any atom is 0.273 e. The van der Waals surface area contributed by atoms with Gasteiger partial charge in [-0.1, -0.05) is 302 Å². The van der Waals surface area contributed by atoms with Gasteiger partial charge in [0.15, 0.2) is 10.8 Å². The van der Waals surface area contributed by atoms with Gasteiger partial charge in [-0.3, -0.25) is 0 Å². The predicted octanol–water partition coefficient (Wildman–Crippen LogP) is 30.3. The molecule has 7 rings (SSSR count). The van der Waals surface area contributed by atoms with Crippen LogP contribution in [0.4, 0.5) is 0 Å². The number of rotatable bonds is 9. The van der Waals surface area contributed by atoms with Crippen LogP contribution in [0.15, 0.2) is 133 Å². The van der Waals surface area contributed by atoms with Crippen molar-refractivity contribution in [1.82, 2.24) is 19.9 Å². The van der Waals surface area contributed by atoms with E-state index in [0.717, 1.165) is 86.8 Å². The van der Waals surface area contributed by atoms with Crippen molar-refractivity contribution >= 4 is 63.6 Å². The Kier molecular flexibility index (Phi) is 83.5. The molecule has 0 fully saturated rings. The summed E-state index contributed by atoms with van der Waals surface area (Å²) in [6.07, 6.45) is 27.7. The number of furan rings is 1. The molecular formula is C90H148N4O3S4. The molecule has 570 valence electrons. The van der Waals surface area contributed by atoms with Crippen LogP contribution >= 0.6 is 45.3 Å². The first-order valence-electron chi connectivity index (χ1n) is 36.9. The van der Waals surface area contributed by atoms with E-state index in [9.17, 15) is 0 Å². The van der Waals surface area contributed by atoms with Crippen molar-refractivity contribution in [3.63, 3.8) is 0 Å². The van der Waals surface area contributed by atoms with Crippen LogP contribution < -0.4 is 0 Å². The number of hydrogen-bond acceptors (Lipinski definition) is 11. The van der Waals surface area contributed by atoms with E-state index in [1.165, 1.54) is 17.6 Å². The van der Waals surface area contributed by atoms with E-state index in [4.69, 9.17) is 13.3 Å². The summed E-state index contributed by atoms with van der Waals surface area (Å²) in [4.78, 5) is 18.5. The van der Waals surface area contributed by atoms with E-state index in [-0.39, 0.29) is 0 Å². The highest BCUT2D eigenvalue weighted by atomic mass is 32.1. The Balaban J connectivity index is -0.000000192. The molecule has 7 aromatic rings. The fourth-order valence-electron chi connectivity index (χ4n) is 4.47. The molecule has 0 aliphatic rings.